The highest BCUT2D eigenvalue weighted by Crippen LogP contribution is 1.93. The van der Waals surface area contributed by atoms with E-state index in [0.29, 0.717) is 0 Å². The van der Waals surface area contributed by atoms with Gasteiger partial charge in [-0.15, -0.1) is 0 Å². The van der Waals surface area contributed by atoms with E-state index in [1.54, 1.807) is 0 Å². The number of esters is 1. The maximum absolute atomic E-state index is 10.6. The Morgan fingerprint density at radius 2 is 2.27 bits per heavy atom. The third-order valence-electron chi connectivity index (χ3n) is 1.11. The third kappa shape index (κ3) is 5.61. The monoisotopic (exact) mass is 157 g/mol. The molecule has 0 saturated heterocycles. The molecule has 0 heterocycles. The summed E-state index contributed by atoms with van der Waals surface area (Å²) >= 11 is 0. The highest BCUT2D eigenvalue weighted by molar-refractivity contribution is 5.81. The molecule has 0 N–H and O–H groups in total. The van der Waals surface area contributed by atoms with Crippen LogP contribution in [-0.4, -0.2) is 37.6 Å². The van der Waals surface area contributed by atoms with Gasteiger partial charge in [0, 0.05) is 12.6 Å². The predicted molar refractivity (Wildman–Crippen MR) is 44.3 cm³/mol. The van der Waals surface area contributed by atoms with Crippen LogP contribution in [0.1, 0.15) is 6.92 Å². The first-order valence-corrected chi connectivity index (χ1v) is 3.54. The van der Waals surface area contributed by atoms with Crippen molar-refractivity contribution in [3.05, 3.63) is 12.7 Å². The highest BCUT2D eigenvalue weighted by atomic mass is 16.5. The molecule has 0 aliphatic heterocycles. The van der Waals surface area contributed by atoms with Crippen LogP contribution in [0.5, 0.6) is 0 Å². The van der Waals surface area contributed by atoms with Crippen LogP contribution in [0.3, 0.4) is 0 Å². The third-order valence-corrected chi connectivity index (χ3v) is 1.11. The topological polar surface area (TPSA) is 29.5 Å². The van der Waals surface area contributed by atoms with Crippen LogP contribution in [0.25, 0.3) is 0 Å². The average Bonchev–Trinajstić information content (AvgIpc) is 1.85. The highest BCUT2D eigenvalue weighted by Gasteiger charge is 2.06. The van der Waals surface area contributed by atoms with Gasteiger partial charge in [-0.3, -0.25) is 0 Å². The number of nitrogens with zero attached hydrogens (tertiary/aromatic N) is 1. The Morgan fingerprint density at radius 1 is 1.73 bits per heavy atom. The van der Waals surface area contributed by atoms with E-state index < -0.39 is 0 Å². The second-order valence-corrected chi connectivity index (χ2v) is 2.71. The fourth-order valence-corrected chi connectivity index (χ4v) is 0.798. The maximum Gasteiger partial charge on any atom is 0.330 e. The summed E-state index contributed by atoms with van der Waals surface area (Å²) in [5.74, 6) is -0.362. The van der Waals surface area contributed by atoms with E-state index >= 15 is 0 Å². The summed E-state index contributed by atoms with van der Waals surface area (Å²) in [5.41, 5.74) is 0. The molecule has 0 aromatic rings. The number of rotatable bonds is 4. The van der Waals surface area contributed by atoms with Crippen LogP contribution in [0.4, 0.5) is 0 Å². The molecule has 11 heavy (non-hydrogen) atoms. The molecule has 1 atom stereocenters. The number of carbonyl (C=O) groups excluding carboxylic acids is 1. The Bertz CT molecular complexity index is 143. The first kappa shape index (κ1) is 10.2. The molecule has 0 aliphatic rings. The lowest BCUT2D eigenvalue weighted by Crippen LogP contribution is -2.27. The van der Waals surface area contributed by atoms with Crippen molar-refractivity contribution in [1.29, 1.82) is 0 Å². The van der Waals surface area contributed by atoms with Crippen molar-refractivity contribution in [1.82, 2.24) is 4.90 Å². The van der Waals surface area contributed by atoms with Crippen molar-refractivity contribution >= 4 is 5.97 Å². The summed E-state index contributed by atoms with van der Waals surface area (Å²) in [4.78, 5) is 12.6. The molecule has 3 nitrogen and oxygen atoms in total. The standard InChI is InChI=1S/C8H15NO2/c1-5-8(10)11-7(2)6-9(3)4/h5,7H,1,6H2,2-4H3/t7-/m1/s1. The van der Waals surface area contributed by atoms with Gasteiger partial charge in [-0.25, -0.2) is 4.79 Å². The summed E-state index contributed by atoms with van der Waals surface area (Å²) in [6.45, 7) is 5.89. The van der Waals surface area contributed by atoms with E-state index in [0.717, 1.165) is 6.54 Å². The second kappa shape index (κ2) is 4.91. The van der Waals surface area contributed by atoms with Crippen LogP contribution >= 0.6 is 0 Å². The van der Waals surface area contributed by atoms with Crippen LogP contribution < -0.4 is 0 Å². The zero-order valence-electron chi connectivity index (χ0n) is 7.33. The van der Waals surface area contributed by atoms with Crippen molar-refractivity contribution in [3.8, 4) is 0 Å². The van der Waals surface area contributed by atoms with Gasteiger partial charge in [-0.1, -0.05) is 6.58 Å². The number of ether oxygens (including phenoxy) is 1. The molecule has 0 aromatic carbocycles. The van der Waals surface area contributed by atoms with Gasteiger partial charge in [0.05, 0.1) is 0 Å². The largest absolute Gasteiger partial charge is 0.458 e. The summed E-state index contributed by atoms with van der Waals surface area (Å²) in [7, 11) is 3.86. The van der Waals surface area contributed by atoms with Gasteiger partial charge in [0.2, 0.25) is 0 Å². The molecule has 64 valence electrons. The molecule has 0 spiro atoms. The minimum absolute atomic E-state index is 0.0736. The Morgan fingerprint density at radius 3 is 2.64 bits per heavy atom. The molecule has 0 unspecified atom stereocenters. The van der Waals surface area contributed by atoms with Crippen LogP contribution in [-0.2, 0) is 9.53 Å². The summed E-state index contributed by atoms with van der Waals surface area (Å²) < 4.78 is 4.91. The first-order chi connectivity index (χ1) is 5.06. The molecule has 0 radical (unpaired) electrons. The molecule has 0 aromatic heterocycles. The lowest BCUT2D eigenvalue weighted by atomic mass is 10.4. The summed E-state index contributed by atoms with van der Waals surface area (Å²) in [5, 5.41) is 0. The van der Waals surface area contributed by atoms with Gasteiger partial charge >= 0.3 is 5.97 Å². The van der Waals surface area contributed by atoms with Gasteiger partial charge < -0.3 is 9.64 Å². The van der Waals surface area contributed by atoms with Crippen molar-refractivity contribution in [2.45, 2.75) is 13.0 Å². The van der Waals surface area contributed by atoms with Crippen LogP contribution in [0.15, 0.2) is 12.7 Å². The van der Waals surface area contributed by atoms with Crippen LogP contribution in [0.2, 0.25) is 0 Å². The first-order valence-electron chi connectivity index (χ1n) is 3.54. The Kier molecular flexibility index (Phi) is 4.54. The smallest absolute Gasteiger partial charge is 0.330 e. The lowest BCUT2D eigenvalue weighted by Gasteiger charge is -2.16. The minimum atomic E-state index is -0.362. The number of hydrogen-bond donors (Lipinski definition) is 0. The van der Waals surface area contributed by atoms with E-state index in [4.69, 9.17) is 4.74 Å². The maximum atomic E-state index is 10.6. The Balaban J connectivity index is 3.59. The molecule has 0 rings (SSSR count). The zero-order valence-corrected chi connectivity index (χ0v) is 7.33. The molecular formula is C8H15NO2. The van der Waals surface area contributed by atoms with Gasteiger partial charge in [-0.2, -0.15) is 0 Å². The van der Waals surface area contributed by atoms with E-state index in [1.165, 1.54) is 6.08 Å². The Labute approximate surface area is 67.6 Å². The summed E-state index contributed by atoms with van der Waals surface area (Å²) in [6.07, 6.45) is 1.10. The van der Waals surface area contributed by atoms with E-state index in [2.05, 4.69) is 6.58 Å². The fraction of sp³-hybridized carbons (Fsp3) is 0.625. The summed E-state index contributed by atoms with van der Waals surface area (Å²) in [6, 6.07) is 0. The van der Waals surface area contributed by atoms with Crippen molar-refractivity contribution < 1.29 is 9.53 Å². The molecule has 0 bridgehead atoms. The molecule has 3 heteroatoms. The van der Waals surface area contributed by atoms with Crippen LogP contribution in [0, 0.1) is 0 Å². The molecular weight excluding hydrogens is 142 g/mol. The molecule has 0 amide bonds. The minimum Gasteiger partial charge on any atom is -0.458 e. The van der Waals surface area contributed by atoms with E-state index in [-0.39, 0.29) is 12.1 Å². The zero-order chi connectivity index (χ0) is 8.85. The van der Waals surface area contributed by atoms with Crippen molar-refractivity contribution in [2.24, 2.45) is 0 Å². The van der Waals surface area contributed by atoms with E-state index in [1.807, 2.05) is 25.9 Å². The number of likely N-dealkylation sites (N-methyl/N-ethyl adjacent to an activating group) is 1. The lowest BCUT2D eigenvalue weighted by molar-refractivity contribution is -0.142. The van der Waals surface area contributed by atoms with Crippen molar-refractivity contribution in [2.75, 3.05) is 20.6 Å². The average molecular weight is 157 g/mol. The predicted octanol–water partition coefficient (Wildman–Crippen LogP) is 0.666. The molecule has 0 saturated carbocycles. The van der Waals surface area contributed by atoms with Gasteiger partial charge in [0.1, 0.15) is 6.10 Å². The van der Waals surface area contributed by atoms with Gasteiger partial charge in [-0.05, 0) is 21.0 Å². The molecule has 0 fully saturated rings. The number of hydrogen-bond acceptors (Lipinski definition) is 3. The quantitative estimate of drug-likeness (QED) is 0.443. The second-order valence-electron chi connectivity index (χ2n) is 2.71. The number of carbonyl (C=O) groups is 1. The Hall–Kier alpha value is -0.830. The fourth-order valence-electron chi connectivity index (χ4n) is 0.798. The SMILES string of the molecule is C=CC(=O)O[C@H](C)CN(C)C. The molecule has 0 aliphatic carbocycles. The van der Waals surface area contributed by atoms with Gasteiger partial charge in [0.25, 0.3) is 0 Å². The van der Waals surface area contributed by atoms with E-state index in [9.17, 15) is 4.79 Å². The van der Waals surface area contributed by atoms with Crippen molar-refractivity contribution in [3.63, 3.8) is 0 Å². The van der Waals surface area contributed by atoms with Gasteiger partial charge in [0.15, 0.2) is 0 Å². The normalized spacial score (nSPS) is 12.7.